The molecule has 0 spiro atoms. The Balaban J connectivity index is 3.14. The van der Waals surface area contributed by atoms with Gasteiger partial charge in [-0.2, -0.15) is 0 Å². The van der Waals surface area contributed by atoms with E-state index in [0.717, 1.165) is 18.9 Å². The molecule has 0 amide bonds. The van der Waals surface area contributed by atoms with Gasteiger partial charge in [-0.05, 0) is 12.5 Å². The zero-order chi connectivity index (χ0) is 13.8. The third-order valence-electron chi connectivity index (χ3n) is 2.20. The van der Waals surface area contributed by atoms with Crippen molar-refractivity contribution in [2.75, 3.05) is 6.61 Å². The number of rotatable bonds is 6. The molecule has 0 aliphatic carbocycles. The van der Waals surface area contributed by atoms with Crippen molar-refractivity contribution in [3.63, 3.8) is 0 Å². The lowest BCUT2D eigenvalue weighted by molar-refractivity contribution is -0.385. The molecule has 0 saturated carbocycles. The average molecular weight is 274 g/mol. The van der Waals surface area contributed by atoms with E-state index >= 15 is 0 Å². The summed E-state index contributed by atoms with van der Waals surface area (Å²) in [5.74, 6) is 0.0385. The molecule has 0 fully saturated rings. The molecule has 7 nitrogen and oxygen atoms in total. The Kier molecular flexibility index (Phi) is 4.62. The van der Waals surface area contributed by atoms with Gasteiger partial charge >= 0.3 is 0 Å². The predicted octanol–water partition coefficient (Wildman–Crippen LogP) is 1.42. The van der Waals surface area contributed by atoms with Gasteiger partial charge in [0, 0.05) is 12.1 Å². The van der Waals surface area contributed by atoms with Gasteiger partial charge in [-0.25, -0.2) is 13.6 Å². The van der Waals surface area contributed by atoms with Crippen molar-refractivity contribution in [3.8, 4) is 5.75 Å². The fourth-order valence-corrected chi connectivity index (χ4v) is 1.97. The minimum Gasteiger partial charge on any atom is -0.492 e. The molecule has 8 heteroatoms. The molecule has 0 atom stereocenters. The van der Waals surface area contributed by atoms with Crippen LogP contribution in [0.1, 0.15) is 19.8 Å². The van der Waals surface area contributed by atoms with Gasteiger partial charge in [0.05, 0.1) is 11.5 Å². The summed E-state index contributed by atoms with van der Waals surface area (Å²) in [6.45, 7) is 2.29. The Morgan fingerprint density at radius 3 is 2.61 bits per heavy atom. The highest BCUT2D eigenvalue weighted by atomic mass is 32.2. The maximum Gasteiger partial charge on any atom is 0.271 e. The molecular formula is C10H14N2O5S. The Morgan fingerprint density at radius 2 is 2.11 bits per heavy atom. The monoisotopic (exact) mass is 274 g/mol. The second-order valence-corrected chi connectivity index (χ2v) is 5.17. The fraction of sp³-hybridized carbons (Fsp3) is 0.400. The second kappa shape index (κ2) is 5.78. The number of ether oxygens (including phenoxy) is 1. The SMILES string of the molecule is CCCCOc1ccc([N+](=O)[O-])cc1S(N)(=O)=O. The van der Waals surface area contributed by atoms with Crippen molar-refractivity contribution in [1.82, 2.24) is 0 Å². The summed E-state index contributed by atoms with van der Waals surface area (Å²) in [5, 5.41) is 15.6. The predicted molar refractivity (Wildman–Crippen MR) is 64.9 cm³/mol. The minimum atomic E-state index is -4.06. The molecule has 18 heavy (non-hydrogen) atoms. The number of hydrogen-bond donors (Lipinski definition) is 1. The fourth-order valence-electron chi connectivity index (χ4n) is 1.28. The van der Waals surface area contributed by atoms with E-state index in [1.165, 1.54) is 12.1 Å². The lowest BCUT2D eigenvalue weighted by Gasteiger charge is -2.09. The van der Waals surface area contributed by atoms with E-state index < -0.39 is 14.9 Å². The number of nitrogens with two attached hydrogens (primary N) is 1. The largest absolute Gasteiger partial charge is 0.492 e. The number of primary sulfonamides is 1. The first-order valence-electron chi connectivity index (χ1n) is 5.30. The Labute approximate surface area is 105 Å². The lowest BCUT2D eigenvalue weighted by atomic mass is 10.3. The third kappa shape index (κ3) is 3.67. The summed E-state index contributed by atoms with van der Waals surface area (Å²) in [7, 11) is -4.06. The minimum absolute atomic E-state index is 0.0385. The number of sulfonamides is 1. The maximum atomic E-state index is 11.3. The highest BCUT2D eigenvalue weighted by Crippen LogP contribution is 2.27. The second-order valence-electron chi connectivity index (χ2n) is 3.64. The van der Waals surface area contributed by atoms with Crippen LogP contribution in [0.4, 0.5) is 5.69 Å². The number of hydrogen-bond acceptors (Lipinski definition) is 5. The molecule has 1 aromatic carbocycles. The molecular weight excluding hydrogens is 260 g/mol. The summed E-state index contributed by atoms with van der Waals surface area (Å²) in [6, 6.07) is 3.32. The third-order valence-corrected chi connectivity index (χ3v) is 3.13. The van der Waals surface area contributed by atoms with Crippen molar-refractivity contribution in [3.05, 3.63) is 28.3 Å². The summed E-state index contributed by atoms with van der Waals surface area (Å²) < 4.78 is 27.9. The summed E-state index contributed by atoms with van der Waals surface area (Å²) in [5.41, 5.74) is -0.345. The molecule has 2 N–H and O–H groups in total. The van der Waals surface area contributed by atoms with Crippen LogP contribution in [0, 0.1) is 10.1 Å². The first-order valence-corrected chi connectivity index (χ1v) is 6.85. The van der Waals surface area contributed by atoms with Gasteiger partial charge in [0.2, 0.25) is 10.0 Å². The van der Waals surface area contributed by atoms with Crippen LogP contribution in [0.15, 0.2) is 23.1 Å². The van der Waals surface area contributed by atoms with E-state index in [0.29, 0.717) is 6.61 Å². The van der Waals surface area contributed by atoms with Gasteiger partial charge in [0.1, 0.15) is 10.6 Å². The summed E-state index contributed by atoms with van der Waals surface area (Å²) >= 11 is 0. The molecule has 100 valence electrons. The standard InChI is InChI=1S/C10H14N2O5S/c1-2-3-6-17-9-5-4-8(12(13)14)7-10(9)18(11,15)16/h4-5,7H,2-3,6H2,1H3,(H2,11,15,16). The molecule has 0 radical (unpaired) electrons. The van der Waals surface area contributed by atoms with Crippen LogP contribution in [0.3, 0.4) is 0 Å². The number of nitro benzene ring substituents is 1. The molecule has 0 heterocycles. The molecule has 0 unspecified atom stereocenters. The lowest BCUT2D eigenvalue weighted by Crippen LogP contribution is -2.14. The highest BCUT2D eigenvalue weighted by molar-refractivity contribution is 7.89. The molecule has 1 aromatic rings. The normalized spacial score (nSPS) is 11.2. The van der Waals surface area contributed by atoms with E-state index in [1.54, 1.807) is 0 Å². The van der Waals surface area contributed by atoms with E-state index in [-0.39, 0.29) is 16.3 Å². The zero-order valence-electron chi connectivity index (χ0n) is 9.83. The van der Waals surface area contributed by atoms with Crippen molar-refractivity contribution < 1.29 is 18.1 Å². The van der Waals surface area contributed by atoms with E-state index in [9.17, 15) is 18.5 Å². The van der Waals surface area contributed by atoms with Gasteiger partial charge in [-0.1, -0.05) is 13.3 Å². The van der Waals surface area contributed by atoms with E-state index in [2.05, 4.69) is 0 Å². The molecule has 0 aliphatic rings. The van der Waals surface area contributed by atoms with Gasteiger partial charge < -0.3 is 4.74 Å². The molecule has 0 saturated heterocycles. The van der Waals surface area contributed by atoms with Crippen molar-refractivity contribution in [2.45, 2.75) is 24.7 Å². The van der Waals surface area contributed by atoms with Crippen LogP contribution in [0.5, 0.6) is 5.75 Å². The first kappa shape index (κ1) is 14.4. The maximum absolute atomic E-state index is 11.3. The number of non-ortho nitro benzene ring substituents is 1. The van der Waals surface area contributed by atoms with E-state index in [4.69, 9.17) is 9.88 Å². The molecule has 0 aromatic heterocycles. The number of nitro groups is 1. The summed E-state index contributed by atoms with van der Waals surface area (Å²) in [4.78, 5) is 9.52. The van der Waals surface area contributed by atoms with Crippen LogP contribution < -0.4 is 9.88 Å². The molecule has 0 aliphatic heterocycles. The Hall–Kier alpha value is -1.67. The highest BCUT2D eigenvalue weighted by Gasteiger charge is 2.19. The summed E-state index contributed by atoms with van der Waals surface area (Å²) in [6.07, 6.45) is 1.64. The van der Waals surface area contributed by atoms with Crippen molar-refractivity contribution in [2.24, 2.45) is 5.14 Å². The van der Waals surface area contributed by atoms with Crippen LogP contribution in [0.2, 0.25) is 0 Å². The number of benzene rings is 1. The van der Waals surface area contributed by atoms with Gasteiger partial charge in [0.25, 0.3) is 5.69 Å². The number of nitrogens with zero attached hydrogens (tertiary/aromatic N) is 1. The zero-order valence-corrected chi connectivity index (χ0v) is 10.6. The topological polar surface area (TPSA) is 113 Å². The van der Waals surface area contributed by atoms with Crippen molar-refractivity contribution in [1.29, 1.82) is 0 Å². The van der Waals surface area contributed by atoms with Crippen LogP contribution in [0.25, 0.3) is 0 Å². The Bertz CT molecular complexity index is 541. The molecule has 0 bridgehead atoms. The first-order chi connectivity index (χ1) is 8.36. The number of unbranched alkanes of at least 4 members (excludes halogenated alkanes) is 1. The van der Waals surface area contributed by atoms with Crippen LogP contribution in [-0.4, -0.2) is 19.9 Å². The smallest absolute Gasteiger partial charge is 0.271 e. The quantitative estimate of drug-likeness (QED) is 0.479. The molecule has 1 rings (SSSR count). The van der Waals surface area contributed by atoms with Gasteiger partial charge in [0.15, 0.2) is 0 Å². The Morgan fingerprint density at radius 1 is 1.44 bits per heavy atom. The van der Waals surface area contributed by atoms with Gasteiger partial charge in [-0.15, -0.1) is 0 Å². The van der Waals surface area contributed by atoms with Crippen LogP contribution >= 0.6 is 0 Å². The van der Waals surface area contributed by atoms with Gasteiger partial charge in [-0.3, -0.25) is 10.1 Å². The average Bonchev–Trinajstić information content (AvgIpc) is 2.28. The van der Waals surface area contributed by atoms with E-state index in [1.807, 2.05) is 6.92 Å². The van der Waals surface area contributed by atoms with Crippen LogP contribution in [-0.2, 0) is 10.0 Å². The van der Waals surface area contributed by atoms with Crippen molar-refractivity contribution >= 4 is 15.7 Å².